The highest BCUT2D eigenvalue weighted by Gasteiger charge is 2.16. The van der Waals surface area contributed by atoms with Crippen molar-refractivity contribution < 1.29 is 9.53 Å². The zero-order valence-electron chi connectivity index (χ0n) is 13.1. The molecule has 0 saturated carbocycles. The zero-order chi connectivity index (χ0) is 15.2. The Morgan fingerprint density at radius 2 is 1.90 bits per heavy atom. The topological polar surface area (TPSA) is 50.4 Å². The second-order valence-electron chi connectivity index (χ2n) is 6.29. The molecule has 4 nitrogen and oxygen atoms in total. The smallest absolute Gasteiger partial charge is 0.407 e. The first kappa shape index (κ1) is 16.3. The third-order valence-corrected chi connectivity index (χ3v) is 2.54. The molecule has 0 bridgehead atoms. The Kier molecular flexibility index (Phi) is 5.86. The van der Waals surface area contributed by atoms with Crippen molar-refractivity contribution in [2.75, 3.05) is 11.9 Å². The van der Waals surface area contributed by atoms with E-state index in [1.165, 1.54) is 0 Å². The monoisotopic (exact) mass is 278 g/mol. The molecule has 20 heavy (non-hydrogen) atoms. The normalized spacial score (nSPS) is 11.3. The molecule has 1 amide bonds. The molecule has 0 fully saturated rings. The molecule has 0 radical (unpaired) electrons. The van der Waals surface area contributed by atoms with E-state index < -0.39 is 11.7 Å². The van der Waals surface area contributed by atoms with Crippen LogP contribution in [0.3, 0.4) is 0 Å². The van der Waals surface area contributed by atoms with E-state index >= 15 is 0 Å². The van der Waals surface area contributed by atoms with Crippen LogP contribution >= 0.6 is 0 Å². The maximum Gasteiger partial charge on any atom is 0.407 e. The van der Waals surface area contributed by atoms with Gasteiger partial charge in [-0.05, 0) is 38.3 Å². The number of carbonyl (C=O) groups excluding carboxylic acids is 1. The summed E-state index contributed by atoms with van der Waals surface area (Å²) in [6, 6.07) is 7.97. The molecule has 0 saturated heterocycles. The molecule has 4 heteroatoms. The molecule has 112 valence electrons. The fraction of sp³-hybridized carbons (Fsp3) is 0.562. The summed E-state index contributed by atoms with van der Waals surface area (Å²) >= 11 is 0. The molecular weight excluding hydrogens is 252 g/mol. The highest BCUT2D eigenvalue weighted by Crippen LogP contribution is 2.15. The van der Waals surface area contributed by atoms with Crippen molar-refractivity contribution in [3.05, 3.63) is 29.8 Å². The first-order valence-electron chi connectivity index (χ1n) is 7.06. The average Bonchev–Trinajstić information content (AvgIpc) is 2.32. The van der Waals surface area contributed by atoms with Gasteiger partial charge in [0.25, 0.3) is 0 Å². The minimum absolute atomic E-state index is 0.392. The number of para-hydroxylation sites is 1. The van der Waals surface area contributed by atoms with Crippen LogP contribution in [0.5, 0.6) is 0 Å². The van der Waals surface area contributed by atoms with Gasteiger partial charge in [0.1, 0.15) is 5.60 Å². The lowest BCUT2D eigenvalue weighted by Gasteiger charge is -2.20. The molecule has 0 atom stereocenters. The Hall–Kier alpha value is -1.71. The molecule has 0 aliphatic heterocycles. The summed E-state index contributed by atoms with van der Waals surface area (Å²) in [6.45, 7) is 11.2. The van der Waals surface area contributed by atoms with Crippen LogP contribution in [0.1, 0.15) is 40.2 Å². The maximum absolute atomic E-state index is 11.7. The van der Waals surface area contributed by atoms with Gasteiger partial charge in [0, 0.05) is 18.8 Å². The summed E-state index contributed by atoms with van der Waals surface area (Å²) in [5.41, 5.74) is 1.63. The maximum atomic E-state index is 11.7. The third kappa shape index (κ3) is 6.45. The largest absolute Gasteiger partial charge is 0.444 e. The van der Waals surface area contributed by atoms with Crippen LogP contribution in [0.2, 0.25) is 0 Å². The van der Waals surface area contributed by atoms with Gasteiger partial charge < -0.3 is 15.4 Å². The van der Waals surface area contributed by atoms with Crippen molar-refractivity contribution in [2.24, 2.45) is 5.92 Å². The minimum Gasteiger partial charge on any atom is -0.444 e. The highest BCUT2D eigenvalue weighted by atomic mass is 16.6. The molecule has 1 aromatic rings. The Balaban J connectivity index is 2.57. The Bertz CT molecular complexity index is 436. The number of nitrogens with one attached hydrogen (secondary N) is 2. The Morgan fingerprint density at radius 3 is 2.50 bits per heavy atom. The molecule has 2 N–H and O–H groups in total. The van der Waals surface area contributed by atoms with Gasteiger partial charge in [-0.3, -0.25) is 0 Å². The Morgan fingerprint density at radius 1 is 1.25 bits per heavy atom. The third-order valence-electron chi connectivity index (χ3n) is 2.54. The summed E-state index contributed by atoms with van der Waals surface area (Å²) in [5, 5.41) is 6.17. The summed E-state index contributed by atoms with van der Waals surface area (Å²) in [7, 11) is 0. The molecule has 0 aliphatic carbocycles. The van der Waals surface area contributed by atoms with Crippen molar-refractivity contribution in [1.82, 2.24) is 5.32 Å². The van der Waals surface area contributed by atoms with Crippen molar-refractivity contribution >= 4 is 11.8 Å². The van der Waals surface area contributed by atoms with E-state index in [0.717, 1.165) is 17.8 Å². The molecule has 0 aromatic heterocycles. The SMILES string of the molecule is CC(C)CNc1ccccc1CNC(=O)OC(C)(C)C. The van der Waals surface area contributed by atoms with Crippen LogP contribution in [-0.4, -0.2) is 18.2 Å². The van der Waals surface area contributed by atoms with Crippen LogP contribution in [0, 0.1) is 5.92 Å². The van der Waals surface area contributed by atoms with Crippen LogP contribution < -0.4 is 10.6 Å². The van der Waals surface area contributed by atoms with E-state index in [1.54, 1.807) is 0 Å². The standard InChI is InChI=1S/C16H26N2O2/c1-12(2)10-17-14-9-7-6-8-13(14)11-18-15(19)20-16(3,4)5/h6-9,12,17H,10-11H2,1-5H3,(H,18,19). The summed E-state index contributed by atoms with van der Waals surface area (Å²) in [5.74, 6) is 0.571. The second kappa shape index (κ2) is 7.17. The molecule has 0 aliphatic rings. The minimum atomic E-state index is -0.473. The lowest BCUT2D eigenvalue weighted by molar-refractivity contribution is 0.0523. The first-order valence-corrected chi connectivity index (χ1v) is 7.06. The lowest BCUT2D eigenvalue weighted by atomic mass is 10.1. The summed E-state index contributed by atoms with van der Waals surface area (Å²) in [6.07, 6.45) is -0.392. The van der Waals surface area contributed by atoms with Gasteiger partial charge in [-0.1, -0.05) is 32.0 Å². The number of ether oxygens (including phenoxy) is 1. The number of alkyl carbamates (subject to hydrolysis) is 1. The van der Waals surface area contributed by atoms with E-state index in [1.807, 2.05) is 45.0 Å². The number of carbonyl (C=O) groups is 1. The van der Waals surface area contributed by atoms with E-state index in [9.17, 15) is 4.79 Å². The van der Waals surface area contributed by atoms with Crippen LogP contribution in [0.25, 0.3) is 0 Å². The van der Waals surface area contributed by atoms with Gasteiger partial charge in [0.05, 0.1) is 0 Å². The summed E-state index contributed by atoms with van der Waals surface area (Å²) in [4.78, 5) is 11.7. The predicted molar refractivity (Wildman–Crippen MR) is 82.8 cm³/mol. The Labute approximate surface area is 121 Å². The molecule has 1 rings (SSSR count). The van der Waals surface area contributed by atoms with E-state index in [4.69, 9.17) is 4.74 Å². The van der Waals surface area contributed by atoms with Gasteiger partial charge in [-0.15, -0.1) is 0 Å². The molecule has 0 unspecified atom stereocenters. The molecule has 0 spiro atoms. The summed E-state index contributed by atoms with van der Waals surface area (Å²) < 4.78 is 5.23. The lowest BCUT2D eigenvalue weighted by Crippen LogP contribution is -2.32. The number of benzene rings is 1. The van der Waals surface area contributed by atoms with Crippen molar-refractivity contribution in [2.45, 2.75) is 46.8 Å². The van der Waals surface area contributed by atoms with E-state index in [2.05, 4.69) is 24.5 Å². The second-order valence-corrected chi connectivity index (χ2v) is 6.29. The number of rotatable bonds is 5. The predicted octanol–water partition coefficient (Wildman–Crippen LogP) is 3.78. The number of hydrogen-bond donors (Lipinski definition) is 2. The highest BCUT2D eigenvalue weighted by molar-refractivity contribution is 5.68. The number of anilines is 1. The van der Waals surface area contributed by atoms with Crippen molar-refractivity contribution in [3.8, 4) is 0 Å². The van der Waals surface area contributed by atoms with E-state index in [-0.39, 0.29) is 0 Å². The van der Waals surface area contributed by atoms with Crippen LogP contribution in [-0.2, 0) is 11.3 Å². The van der Waals surface area contributed by atoms with Gasteiger partial charge >= 0.3 is 6.09 Å². The van der Waals surface area contributed by atoms with Gasteiger partial charge in [-0.25, -0.2) is 4.79 Å². The van der Waals surface area contributed by atoms with Gasteiger partial charge in [0.15, 0.2) is 0 Å². The first-order chi connectivity index (χ1) is 9.28. The number of amides is 1. The van der Waals surface area contributed by atoms with Crippen molar-refractivity contribution in [1.29, 1.82) is 0 Å². The fourth-order valence-corrected chi connectivity index (χ4v) is 1.64. The quantitative estimate of drug-likeness (QED) is 0.861. The fourth-order valence-electron chi connectivity index (χ4n) is 1.64. The molecule has 0 heterocycles. The van der Waals surface area contributed by atoms with E-state index in [0.29, 0.717) is 12.5 Å². The van der Waals surface area contributed by atoms with Crippen LogP contribution in [0.15, 0.2) is 24.3 Å². The molecular formula is C16H26N2O2. The average molecular weight is 278 g/mol. The zero-order valence-corrected chi connectivity index (χ0v) is 13.1. The van der Waals surface area contributed by atoms with Gasteiger partial charge in [0.2, 0.25) is 0 Å². The molecule has 1 aromatic carbocycles. The number of hydrogen-bond acceptors (Lipinski definition) is 3. The van der Waals surface area contributed by atoms with Gasteiger partial charge in [-0.2, -0.15) is 0 Å². The van der Waals surface area contributed by atoms with Crippen molar-refractivity contribution in [3.63, 3.8) is 0 Å². The van der Waals surface area contributed by atoms with Crippen LogP contribution in [0.4, 0.5) is 10.5 Å².